The van der Waals surface area contributed by atoms with Crippen molar-refractivity contribution in [2.24, 2.45) is 10.1 Å². The Hall–Kier alpha value is -3.08. The lowest BCUT2D eigenvalue weighted by molar-refractivity contribution is 0.146. The van der Waals surface area contributed by atoms with E-state index in [0.717, 1.165) is 28.6 Å². The molecule has 0 radical (unpaired) electrons. The Labute approximate surface area is 139 Å². The molecule has 24 heavy (non-hydrogen) atoms. The summed E-state index contributed by atoms with van der Waals surface area (Å²) >= 11 is 0. The molecular formula is C19H17N3O2. The Kier molecular flexibility index (Phi) is 3.54. The number of hydrogen-bond donors (Lipinski definition) is 2. The Bertz CT molecular complexity index is 970. The maximum absolute atomic E-state index is 10.4. The van der Waals surface area contributed by atoms with E-state index >= 15 is 0 Å². The highest BCUT2D eigenvalue weighted by Gasteiger charge is 2.28. The molecule has 2 aromatic carbocycles. The minimum absolute atomic E-state index is 0.0888. The summed E-state index contributed by atoms with van der Waals surface area (Å²) in [6.45, 7) is 2.57. The molecular weight excluding hydrogens is 302 g/mol. The number of nitrogens with zero attached hydrogens (tertiary/aromatic N) is 2. The number of aromatic amines is 1. The van der Waals surface area contributed by atoms with Crippen molar-refractivity contribution in [3.8, 4) is 5.88 Å². The predicted molar refractivity (Wildman–Crippen MR) is 95.4 cm³/mol. The second-order valence-corrected chi connectivity index (χ2v) is 5.64. The van der Waals surface area contributed by atoms with Crippen LogP contribution in [0.2, 0.25) is 0 Å². The number of para-hydroxylation sites is 2. The van der Waals surface area contributed by atoms with Gasteiger partial charge in [0.05, 0.1) is 11.3 Å². The molecule has 0 saturated heterocycles. The van der Waals surface area contributed by atoms with E-state index in [1.54, 1.807) is 0 Å². The van der Waals surface area contributed by atoms with Gasteiger partial charge in [0.15, 0.2) is 5.88 Å². The number of benzene rings is 2. The first-order valence-electron chi connectivity index (χ1n) is 7.98. The van der Waals surface area contributed by atoms with Crippen LogP contribution in [-0.2, 0) is 4.84 Å². The third-order valence-corrected chi connectivity index (χ3v) is 3.99. The van der Waals surface area contributed by atoms with Crippen LogP contribution < -0.4 is 0 Å². The fourth-order valence-electron chi connectivity index (χ4n) is 2.91. The third-order valence-electron chi connectivity index (χ3n) is 3.99. The molecule has 1 aliphatic rings. The maximum atomic E-state index is 10.4. The normalized spacial score (nSPS) is 14.9. The Morgan fingerprint density at radius 3 is 2.79 bits per heavy atom. The molecule has 5 nitrogen and oxygen atoms in total. The lowest BCUT2D eigenvalue weighted by Crippen LogP contribution is -2.13. The topological polar surface area (TPSA) is 70.0 Å². The molecule has 3 aromatic rings. The van der Waals surface area contributed by atoms with Gasteiger partial charge in [-0.15, -0.1) is 0 Å². The van der Waals surface area contributed by atoms with Crippen molar-refractivity contribution in [1.82, 2.24) is 4.98 Å². The summed E-state index contributed by atoms with van der Waals surface area (Å²) in [7, 11) is 0. The van der Waals surface area contributed by atoms with Gasteiger partial charge in [-0.2, -0.15) is 0 Å². The second-order valence-electron chi connectivity index (χ2n) is 5.64. The van der Waals surface area contributed by atoms with Crippen LogP contribution in [0.15, 0.2) is 58.7 Å². The highest BCUT2D eigenvalue weighted by Crippen LogP contribution is 2.35. The molecule has 1 aliphatic heterocycles. The first-order chi connectivity index (χ1) is 11.8. The fourth-order valence-corrected chi connectivity index (χ4v) is 2.91. The maximum Gasteiger partial charge on any atom is 0.199 e. The van der Waals surface area contributed by atoms with Crippen LogP contribution in [0.3, 0.4) is 0 Å². The molecule has 0 fully saturated rings. The number of aromatic nitrogens is 1. The molecule has 5 heteroatoms. The summed E-state index contributed by atoms with van der Waals surface area (Å²) in [5.41, 5.74) is 4.53. The summed E-state index contributed by atoms with van der Waals surface area (Å²) in [5.74, 6) is 0.0888. The molecule has 0 spiro atoms. The SMILES string of the molecule is CCCON=C1C(c2c(O)[nH]c3ccccc23)=Nc2ccccc21. The van der Waals surface area contributed by atoms with Gasteiger partial charge in [-0.25, -0.2) is 4.99 Å². The molecule has 0 saturated carbocycles. The smallest absolute Gasteiger partial charge is 0.199 e. The molecule has 0 bridgehead atoms. The summed E-state index contributed by atoms with van der Waals surface area (Å²) in [4.78, 5) is 13.1. The Balaban J connectivity index is 1.89. The van der Waals surface area contributed by atoms with E-state index < -0.39 is 0 Å². The number of aromatic hydroxyl groups is 1. The van der Waals surface area contributed by atoms with E-state index in [-0.39, 0.29) is 5.88 Å². The molecule has 0 atom stereocenters. The van der Waals surface area contributed by atoms with E-state index in [4.69, 9.17) is 9.83 Å². The zero-order valence-corrected chi connectivity index (χ0v) is 13.3. The fraction of sp³-hybridized carbons (Fsp3) is 0.158. The first kappa shape index (κ1) is 14.5. The predicted octanol–water partition coefficient (Wildman–Crippen LogP) is 4.14. The van der Waals surface area contributed by atoms with Gasteiger partial charge in [0.1, 0.15) is 18.0 Å². The van der Waals surface area contributed by atoms with Crippen molar-refractivity contribution >= 4 is 28.0 Å². The quantitative estimate of drug-likeness (QED) is 0.560. The van der Waals surface area contributed by atoms with Gasteiger partial charge in [-0.1, -0.05) is 48.5 Å². The van der Waals surface area contributed by atoms with Gasteiger partial charge in [0, 0.05) is 16.5 Å². The van der Waals surface area contributed by atoms with E-state index in [9.17, 15) is 5.11 Å². The minimum Gasteiger partial charge on any atom is -0.494 e. The van der Waals surface area contributed by atoms with E-state index in [0.29, 0.717) is 23.6 Å². The number of nitrogens with one attached hydrogen (secondary N) is 1. The van der Waals surface area contributed by atoms with Crippen molar-refractivity contribution in [1.29, 1.82) is 0 Å². The first-order valence-corrected chi connectivity index (χ1v) is 7.98. The van der Waals surface area contributed by atoms with E-state index in [2.05, 4.69) is 10.1 Å². The van der Waals surface area contributed by atoms with Crippen LogP contribution in [0.25, 0.3) is 10.9 Å². The van der Waals surface area contributed by atoms with Gasteiger partial charge < -0.3 is 14.9 Å². The number of oxime groups is 1. The molecule has 2 heterocycles. The monoisotopic (exact) mass is 319 g/mol. The molecule has 4 rings (SSSR count). The lowest BCUT2D eigenvalue weighted by Gasteiger charge is -2.04. The average molecular weight is 319 g/mol. The van der Waals surface area contributed by atoms with Gasteiger partial charge >= 0.3 is 0 Å². The van der Waals surface area contributed by atoms with E-state index in [1.165, 1.54) is 0 Å². The molecule has 0 aliphatic carbocycles. The Morgan fingerprint density at radius 2 is 1.92 bits per heavy atom. The van der Waals surface area contributed by atoms with Crippen LogP contribution in [0.1, 0.15) is 24.5 Å². The van der Waals surface area contributed by atoms with Crippen LogP contribution in [0.4, 0.5) is 5.69 Å². The second kappa shape index (κ2) is 5.85. The van der Waals surface area contributed by atoms with Gasteiger partial charge in [0.2, 0.25) is 0 Å². The lowest BCUT2D eigenvalue weighted by atomic mass is 10.0. The highest BCUT2D eigenvalue weighted by atomic mass is 16.6. The zero-order chi connectivity index (χ0) is 16.5. The summed E-state index contributed by atoms with van der Waals surface area (Å²) < 4.78 is 0. The zero-order valence-electron chi connectivity index (χ0n) is 13.3. The van der Waals surface area contributed by atoms with Crippen molar-refractivity contribution in [2.45, 2.75) is 13.3 Å². The van der Waals surface area contributed by atoms with Crippen molar-refractivity contribution in [2.75, 3.05) is 6.61 Å². The molecule has 120 valence electrons. The van der Waals surface area contributed by atoms with Gasteiger partial charge in [0.25, 0.3) is 0 Å². The van der Waals surface area contributed by atoms with Crippen LogP contribution in [-0.4, -0.2) is 28.1 Å². The molecule has 0 unspecified atom stereocenters. The van der Waals surface area contributed by atoms with Crippen LogP contribution in [0, 0.1) is 0 Å². The van der Waals surface area contributed by atoms with Crippen LogP contribution >= 0.6 is 0 Å². The largest absolute Gasteiger partial charge is 0.494 e. The number of aliphatic imine (C=N–C) groups is 1. The van der Waals surface area contributed by atoms with Crippen molar-refractivity contribution in [3.05, 3.63) is 59.7 Å². The third kappa shape index (κ3) is 2.25. The summed E-state index contributed by atoms with van der Waals surface area (Å²) in [6, 6.07) is 15.5. The number of hydrogen-bond acceptors (Lipinski definition) is 4. The molecule has 0 amide bonds. The van der Waals surface area contributed by atoms with Crippen molar-refractivity contribution in [3.63, 3.8) is 0 Å². The van der Waals surface area contributed by atoms with Gasteiger partial charge in [-0.05, 0) is 18.6 Å². The molecule has 2 N–H and O–H groups in total. The number of fused-ring (bicyclic) bond motifs is 2. The minimum atomic E-state index is 0.0888. The van der Waals surface area contributed by atoms with Gasteiger partial charge in [-0.3, -0.25) is 0 Å². The standard InChI is InChI=1S/C19H17N3O2/c1-2-11-24-22-17-13-8-4-6-10-15(13)20-18(17)16-12-7-3-5-9-14(12)21-19(16)23/h3-10,21,23H,2,11H2,1H3. The molecule has 1 aromatic heterocycles. The summed E-state index contributed by atoms with van der Waals surface area (Å²) in [6.07, 6.45) is 0.878. The highest BCUT2D eigenvalue weighted by molar-refractivity contribution is 6.58. The number of rotatable bonds is 4. The Morgan fingerprint density at radius 1 is 1.12 bits per heavy atom. The van der Waals surface area contributed by atoms with Crippen LogP contribution in [0.5, 0.6) is 5.88 Å². The van der Waals surface area contributed by atoms with E-state index in [1.807, 2.05) is 55.5 Å². The average Bonchev–Trinajstić information content (AvgIpc) is 3.12. The van der Waals surface area contributed by atoms with Crippen molar-refractivity contribution < 1.29 is 9.94 Å². The number of H-pyrrole nitrogens is 1. The summed E-state index contributed by atoms with van der Waals surface area (Å²) in [5, 5.41) is 15.6.